The number of anilines is 2. The molecule has 0 saturated heterocycles. The van der Waals surface area contributed by atoms with Crippen LogP contribution < -0.4 is 5.32 Å². The summed E-state index contributed by atoms with van der Waals surface area (Å²) in [6, 6.07) is 10.3. The first-order valence-electron chi connectivity index (χ1n) is 6.06. The van der Waals surface area contributed by atoms with E-state index in [1.54, 1.807) is 0 Å². The zero-order valence-electron chi connectivity index (χ0n) is 10.9. The molecule has 0 aliphatic rings. The Morgan fingerprint density at radius 2 is 1.89 bits per heavy atom. The third-order valence-corrected chi connectivity index (χ3v) is 3.92. The molecule has 0 aliphatic heterocycles. The summed E-state index contributed by atoms with van der Waals surface area (Å²) in [4.78, 5) is 4.38. The van der Waals surface area contributed by atoms with Gasteiger partial charge in [-0.2, -0.15) is 0 Å². The molecule has 2 rings (SSSR count). The summed E-state index contributed by atoms with van der Waals surface area (Å²) < 4.78 is 1.02. The van der Waals surface area contributed by atoms with Crippen molar-refractivity contribution in [1.29, 1.82) is 0 Å². The summed E-state index contributed by atoms with van der Waals surface area (Å²) in [6.07, 6.45) is 1.82. The fourth-order valence-corrected chi connectivity index (χ4v) is 2.20. The Labute approximate surface area is 117 Å². The Balaban J connectivity index is 2.37. The molecule has 1 heterocycles. The summed E-state index contributed by atoms with van der Waals surface area (Å²) >= 11 is 3.57. The second-order valence-electron chi connectivity index (χ2n) is 4.66. The van der Waals surface area contributed by atoms with Crippen molar-refractivity contribution in [3.8, 4) is 0 Å². The van der Waals surface area contributed by atoms with E-state index in [1.165, 1.54) is 11.1 Å². The maximum Gasteiger partial charge on any atom is 0.144 e. The summed E-state index contributed by atoms with van der Waals surface area (Å²) in [6.45, 7) is 6.45. The van der Waals surface area contributed by atoms with Crippen molar-refractivity contribution in [1.82, 2.24) is 4.98 Å². The van der Waals surface area contributed by atoms with Gasteiger partial charge in [-0.3, -0.25) is 0 Å². The minimum atomic E-state index is 0.484. The van der Waals surface area contributed by atoms with Gasteiger partial charge in [-0.15, -0.1) is 0 Å². The molecule has 1 N–H and O–H groups in total. The van der Waals surface area contributed by atoms with Crippen molar-refractivity contribution < 1.29 is 0 Å². The zero-order chi connectivity index (χ0) is 13.1. The number of pyridine rings is 1. The van der Waals surface area contributed by atoms with Gasteiger partial charge in [0.15, 0.2) is 0 Å². The SMILES string of the molecule is Cc1ccnc(Nc2ccccc2C(C)C)c1Br. The summed E-state index contributed by atoms with van der Waals surface area (Å²) in [5, 5.41) is 3.40. The van der Waals surface area contributed by atoms with Crippen LogP contribution in [0.1, 0.15) is 30.9 Å². The number of rotatable bonds is 3. The number of hydrogen-bond acceptors (Lipinski definition) is 2. The number of para-hydroxylation sites is 1. The number of hydrogen-bond donors (Lipinski definition) is 1. The van der Waals surface area contributed by atoms with Crippen molar-refractivity contribution in [3.05, 3.63) is 52.1 Å². The van der Waals surface area contributed by atoms with Crippen molar-refractivity contribution in [3.63, 3.8) is 0 Å². The lowest BCUT2D eigenvalue weighted by molar-refractivity contribution is 0.869. The van der Waals surface area contributed by atoms with Gasteiger partial charge in [0.2, 0.25) is 0 Å². The van der Waals surface area contributed by atoms with E-state index in [0.717, 1.165) is 16.0 Å². The molecular weight excluding hydrogens is 288 g/mol. The highest BCUT2D eigenvalue weighted by atomic mass is 79.9. The molecule has 2 aromatic rings. The third kappa shape index (κ3) is 2.72. The van der Waals surface area contributed by atoms with Crippen LogP contribution in [-0.4, -0.2) is 4.98 Å². The molecule has 0 bridgehead atoms. The molecule has 0 fully saturated rings. The monoisotopic (exact) mass is 304 g/mol. The standard InChI is InChI=1S/C15H17BrN2/c1-10(2)12-6-4-5-7-13(12)18-15-14(16)11(3)8-9-17-15/h4-10H,1-3H3,(H,17,18). The van der Waals surface area contributed by atoms with Crippen LogP contribution >= 0.6 is 15.9 Å². The zero-order valence-corrected chi connectivity index (χ0v) is 12.5. The molecule has 94 valence electrons. The van der Waals surface area contributed by atoms with Crippen LogP contribution in [0.25, 0.3) is 0 Å². The number of aryl methyl sites for hydroxylation is 1. The lowest BCUT2D eigenvalue weighted by Gasteiger charge is -2.15. The van der Waals surface area contributed by atoms with E-state index in [-0.39, 0.29) is 0 Å². The molecule has 0 saturated carbocycles. The lowest BCUT2D eigenvalue weighted by atomic mass is 10.0. The van der Waals surface area contributed by atoms with E-state index in [0.29, 0.717) is 5.92 Å². The van der Waals surface area contributed by atoms with Gasteiger partial charge in [-0.1, -0.05) is 32.0 Å². The summed E-state index contributed by atoms with van der Waals surface area (Å²) in [7, 11) is 0. The first kappa shape index (κ1) is 13.1. The van der Waals surface area contributed by atoms with Gasteiger partial charge in [0.05, 0.1) is 4.47 Å². The number of benzene rings is 1. The summed E-state index contributed by atoms with van der Waals surface area (Å²) in [5.41, 5.74) is 3.59. The Hall–Kier alpha value is -1.35. The third-order valence-electron chi connectivity index (χ3n) is 2.92. The van der Waals surface area contributed by atoms with Gasteiger partial charge in [0.1, 0.15) is 5.82 Å². The van der Waals surface area contributed by atoms with E-state index >= 15 is 0 Å². The molecule has 18 heavy (non-hydrogen) atoms. The highest BCUT2D eigenvalue weighted by Crippen LogP contribution is 2.30. The van der Waals surface area contributed by atoms with Crippen LogP contribution in [-0.2, 0) is 0 Å². The van der Waals surface area contributed by atoms with E-state index in [4.69, 9.17) is 0 Å². The smallest absolute Gasteiger partial charge is 0.144 e. The van der Waals surface area contributed by atoms with Gasteiger partial charge < -0.3 is 5.32 Å². The fourth-order valence-electron chi connectivity index (χ4n) is 1.87. The topological polar surface area (TPSA) is 24.9 Å². The van der Waals surface area contributed by atoms with Crippen LogP contribution in [0.15, 0.2) is 41.0 Å². The Bertz CT molecular complexity index is 550. The number of halogens is 1. The number of nitrogens with zero attached hydrogens (tertiary/aromatic N) is 1. The Kier molecular flexibility index (Phi) is 4.02. The van der Waals surface area contributed by atoms with Crippen molar-refractivity contribution in [2.24, 2.45) is 0 Å². The van der Waals surface area contributed by atoms with E-state index in [2.05, 4.69) is 65.2 Å². The maximum absolute atomic E-state index is 4.38. The molecule has 1 aromatic carbocycles. The average Bonchev–Trinajstić information content (AvgIpc) is 2.35. The number of aromatic nitrogens is 1. The maximum atomic E-state index is 4.38. The van der Waals surface area contributed by atoms with Gasteiger partial charge in [0.25, 0.3) is 0 Å². The lowest BCUT2D eigenvalue weighted by Crippen LogP contribution is -2.00. The van der Waals surface area contributed by atoms with Crippen LogP contribution in [0, 0.1) is 6.92 Å². The van der Waals surface area contributed by atoms with Gasteiger partial charge in [-0.25, -0.2) is 4.98 Å². The van der Waals surface area contributed by atoms with Crippen LogP contribution in [0.3, 0.4) is 0 Å². The van der Waals surface area contributed by atoms with Crippen LogP contribution in [0.5, 0.6) is 0 Å². The largest absolute Gasteiger partial charge is 0.339 e. The molecule has 0 radical (unpaired) electrons. The molecule has 1 aromatic heterocycles. The second kappa shape index (κ2) is 5.53. The highest BCUT2D eigenvalue weighted by Gasteiger charge is 2.09. The van der Waals surface area contributed by atoms with E-state index in [1.807, 2.05) is 18.3 Å². The predicted octanol–water partition coefficient (Wildman–Crippen LogP) is 5.02. The molecule has 0 atom stereocenters. The minimum absolute atomic E-state index is 0.484. The van der Waals surface area contributed by atoms with Crippen LogP contribution in [0.2, 0.25) is 0 Å². The highest BCUT2D eigenvalue weighted by molar-refractivity contribution is 9.10. The Morgan fingerprint density at radius 1 is 1.17 bits per heavy atom. The fraction of sp³-hybridized carbons (Fsp3) is 0.267. The first-order valence-corrected chi connectivity index (χ1v) is 6.86. The van der Waals surface area contributed by atoms with Crippen molar-refractivity contribution in [2.45, 2.75) is 26.7 Å². The summed E-state index contributed by atoms with van der Waals surface area (Å²) in [5.74, 6) is 1.35. The number of nitrogens with one attached hydrogen (secondary N) is 1. The molecular formula is C15H17BrN2. The normalized spacial score (nSPS) is 10.7. The average molecular weight is 305 g/mol. The second-order valence-corrected chi connectivity index (χ2v) is 5.45. The van der Waals surface area contributed by atoms with E-state index in [9.17, 15) is 0 Å². The minimum Gasteiger partial charge on any atom is -0.339 e. The van der Waals surface area contributed by atoms with E-state index < -0.39 is 0 Å². The molecule has 0 amide bonds. The van der Waals surface area contributed by atoms with Crippen molar-refractivity contribution in [2.75, 3.05) is 5.32 Å². The quantitative estimate of drug-likeness (QED) is 0.861. The Morgan fingerprint density at radius 3 is 2.61 bits per heavy atom. The molecule has 3 heteroatoms. The molecule has 2 nitrogen and oxygen atoms in total. The van der Waals surface area contributed by atoms with Crippen LogP contribution in [0.4, 0.5) is 11.5 Å². The predicted molar refractivity (Wildman–Crippen MR) is 80.5 cm³/mol. The first-order chi connectivity index (χ1) is 8.59. The van der Waals surface area contributed by atoms with Gasteiger partial charge in [0, 0.05) is 11.9 Å². The van der Waals surface area contributed by atoms with Crippen molar-refractivity contribution >= 4 is 27.4 Å². The molecule has 0 unspecified atom stereocenters. The molecule has 0 spiro atoms. The van der Waals surface area contributed by atoms with Gasteiger partial charge in [-0.05, 0) is 52.0 Å². The van der Waals surface area contributed by atoms with Gasteiger partial charge >= 0.3 is 0 Å². The molecule has 0 aliphatic carbocycles.